The van der Waals surface area contributed by atoms with E-state index in [2.05, 4.69) is 15.2 Å². The Bertz CT molecular complexity index is 598. The first-order valence-corrected chi connectivity index (χ1v) is 5.92. The summed E-state index contributed by atoms with van der Waals surface area (Å²) in [6.45, 7) is 2.63. The predicted molar refractivity (Wildman–Crippen MR) is 68.9 cm³/mol. The number of hydrogen-bond acceptors (Lipinski definition) is 4. The van der Waals surface area contributed by atoms with Crippen LogP contribution in [0.1, 0.15) is 13.3 Å². The van der Waals surface area contributed by atoms with Gasteiger partial charge in [-0.15, -0.1) is 0 Å². The first-order chi connectivity index (χ1) is 8.70. The van der Waals surface area contributed by atoms with Crippen molar-refractivity contribution in [3.05, 3.63) is 40.0 Å². The van der Waals surface area contributed by atoms with Crippen molar-refractivity contribution in [2.75, 3.05) is 6.61 Å². The zero-order valence-electron chi connectivity index (χ0n) is 9.81. The molecule has 0 unspecified atom stereocenters. The molecule has 0 spiro atoms. The van der Waals surface area contributed by atoms with Gasteiger partial charge in [-0.3, -0.25) is 9.78 Å². The number of aromatic amines is 1. The summed E-state index contributed by atoms with van der Waals surface area (Å²) in [6.07, 6.45) is 4.10. The van der Waals surface area contributed by atoms with Crippen LogP contribution in [-0.4, -0.2) is 21.8 Å². The van der Waals surface area contributed by atoms with Gasteiger partial charge in [-0.05, 0) is 18.6 Å². The molecule has 0 aliphatic rings. The van der Waals surface area contributed by atoms with Gasteiger partial charge in [0.15, 0.2) is 0 Å². The van der Waals surface area contributed by atoms with Crippen LogP contribution >= 0.6 is 11.6 Å². The summed E-state index contributed by atoms with van der Waals surface area (Å²) >= 11 is 5.76. The Morgan fingerprint density at radius 2 is 2.22 bits per heavy atom. The van der Waals surface area contributed by atoms with Gasteiger partial charge in [0.25, 0.3) is 5.56 Å². The van der Waals surface area contributed by atoms with E-state index >= 15 is 0 Å². The van der Waals surface area contributed by atoms with E-state index in [1.165, 1.54) is 6.07 Å². The molecule has 94 valence electrons. The van der Waals surface area contributed by atoms with Crippen molar-refractivity contribution in [2.45, 2.75) is 13.3 Å². The fourth-order valence-electron chi connectivity index (χ4n) is 1.46. The third-order valence-electron chi connectivity index (χ3n) is 2.27. The number of hydrogen-bond donors (Lipinski definition) is 1. The normalized spacial score (nSPS) is 10.3. The first-order valence-electron chi connectivity index (χ1n) is 5.54. The monoisotopic (exact) mass is 265 g/mol. The highest BCUT2D eigenvalue weighted by atomic mass is 35.5. The molecule has 2 heterocycles. The third kappa shape index (κ3) is 2.87. The van der Waals surface area contributed by atoms with Crippen LogP contribution in [0.5, 0.6) is 5.75 Å². The molecule has 0 aliphatic heterocycles. The third-order valence-corrected chi connectivity index (χ3v) is 2.46. The highest BCUT2D eigenvalue weighted by Crippen LogP contribution is 2.20. The molecule has 0 saturated heterocycles. The maximum absolute atomic E-state index is 11.7. The van der Waals surface area contributed by atoms with Gasteiger partial charge in [0.1, 0.15) is 10.9 Å². The number of aromatic nitrogens is 3. The highest BCUT2D eigenvalue weighted by Gasteiger charge is 2.07. The second-order valence-corrected chi connectivity index (χ2v) is 4.08. The molecule has 0 saturated carbocycles. The Morgan fingerprint density at radius 3 is 3.00 bits per heavy atom. The summed E-state index contributed by atoms with van der Waals surface area (Å²) in [5, 5.41) is 6.16. The smallest absolute Gasteiger partial charge is 0.272 e. The number of halogens is 1. The van der Waals surface area contributed by atoms with E-state index in [1.54, 1.807) is 18.5 Å². The Kier molecular flexibility index (Phi) is 3.94. The number of ether oxygens (including phenoxy) is 1. The van der Waals surface area contributed by atoms with Crippen molar-refractivity contribution in [3.8, 4) is 16.9 Å². The number of rotatable bonds is 4. The second kappa shape index (κ2) is 5.64. The van der Waals surface area contributed by atoms with Crippen LogP contribution < -0.4 is 10.3 Å². The van der Waals surface area contributed by atoms with E-state index in [4.69, 9.17) is 16.3 Å². The molecule has 18 heavy (non-hydrogen) atoms. The summed E-state index contributed by atoms with van der Waals surface area (Å²) in [5.74, 6) is 0.627. The molecule has 0 fully saturated rings. The summed E-state index contributed by atoms with van der Waals surface area (Å²) in [6, 6.07) is 3.25. The zero-order chi connectivity index (χ0) is 13.0. The SMILES string of the molecule is CCCOc1cncc(-c2cc(Cl)n[nH]c2=O)c1. The average Bonchev–Trinajstić information content (AvgIpc) is 2.39. The van der Waals surface area contributed by atoms with Crippen LogP contribution in [0.15, 0.2) is 29.3 Å². The standard InChI is InChI=1S/C12H12ClN3O2/c1-2-3-18-9-4-8(6-14-7-9)10-5-11(13)15-16-12(10)17/h4-7H,2-3H2,1H3,(H,16,17). The van der Waals surface area contributed by atoms with Gasteiger partial charge < -0.3 is 4.74 Å². The van der Waals surface area contributed by atoms with Gasteiger partial charge in [0.2, 0.25) is 0 Å². The van der Waals surface area contributed by atoms with Gasteiger partial charge in [0, 0.05) is 11.8 Å². The molecular weight excluding hydrogens is 254 g/mol. The van der Waals surface area contributed by atoms with Crippen LogP contribution in [0.3, 0.4) is 0 Å². The van der Waals surface area contributed by atoms with Crippen LogP contribution in [0.2, 0.25) is 5.15 Å². The van der Waals surface area contributed by atoms with Crippen molar-refractivity contribution >= 4 is 11.6 Å². The number of nitrogens with one attached hydrogen (secondary N) is 1. The molecule has 0 aliphatic carbocycles. The second-order valence-electron chi connectivity index (χ2n) is 3.69. The minimum absolute atomic E-state index is 0.226. The quantitative estimate of drug-likeness (QED) is 0.921. The highest BCUT2D eigenvalue weighted by molar-refractivity contribution is 6.29. The summed E-state index contributed by atoms with van der Waals surface area (Å²) in [5.41, 5.74) is 0.757. The van der Waals surface area contributed by atoms with Crippen LogP contribution in [0.4, 0.5) is 0 Å². The average molecular weight is 266 g/mol. The summed E-state index contributed by atoms with van der Waals surface area (Å²) < 4.78 is 5.46. The maximum atomic E-state index is 11.7. The van der Waals surface area contributed by atoms with E-state index in [9.17, 15) is 4.79 Å². The molecule has 0 radical (unpaired) electrons. The molecule has 1 N–H and O–H groups in total. The largest absolute Gasteiger partial charge is 0.492 e. The van der Waals surface area contributed by atoms with Crippen molar-refractivity contribution in [2.24, 2.45) is 0 Å². The fraction of sp³-hybridized carbons (Fsp3) is 0.250. The Labute approximate surface area is 109 Å². The summed E-state index contributed by atoms with van der Waals surface area (Å²) in [7, 11) is 0. The first kappa shape index (κ1) is 12.6. The molecule has 0 aromatic carbocycles. The van der Waals surface area contributed by atoms with Crippen molar-refractivity contribution in [1.29, 1.82) is 0 Å². The molecule has 2 aromatic rings. The maximum Gasteiger partial charge on any atom is 0.272 e. The topological polar surface area (TPSA) is 67.9 Å². The lowest BCUT2D eigenvalue weighted by molar-refractivity contribution is 0.316. The molecular formula is C12H12ClN3O2. The predicted octanol–water partition coefficient (Wildman–Crippen LogP) is 2.27. The number of nitrogens with zero attached hydrogens (tertiary/aromatic N) is 2. The molecule has 2 rings (SSSR count). The zero-order valence-corrected chi connectivity index (χ0v) is 10.6. The van der Waals surface area contributed by atoms with Crippen molar-refractivity contribution in [1.82, 2.24) is 15.2 Å². The molecule has 6 heteroatoms. The lowest BCUT2D eigenvalue weighted by Gasteiger charge is -2.06. The lowest BCUT2D eigenvalue weighted by atomic mass is 10.1. The minimum Gasteiger partial charge on any atom is -0.492 e. The van der Waals surface area contributed by atoms with E-state index in [-0.39, 0.29) is 10.7 Å². The van der Waals surface area contributed by atoms with Gasteiger partial charge in [-0.2, -0.15) is 5.10 Å². The minimum atomic E-state index is -0.311. The Morgan fingerprint density at radius 1 is 1.39 bits per heavy atom. The van der Waals surface area contributed by atoms with E-state index in [0.29, 0.717) is 23.5 Å². The van der Waals surface area contributed by atoms with Gasteiger partial charge in [-0.1, -0.05) is 18.5 Å². The molecule has 0 bridgehead atoms. The lowest BCUT2D eigenvalue weighted by Crippen LogP contribution is -2.10. The fourth-order valence-corrected chi connectivity index (χ4v) is 1.61. The van der Waals surface area contributed by atoms with Gasteiger partial charge in [0.05, 0.1) is 18.4 Å². The summed E-state index contributed by atoms with van der Waals surface area (Å²) in [4.78, 5) is 15.7. The van der Waals surface area contributed by atoms with E-state index < -0.39 is 0 Å². The number of H-pyrrole nitrogens is 1. The Hall–Kier alpha value is -1.88. The van der Waals surface area contributed by atoms with Gasteiger partial charge in [-0.25, -0.2) is 5.10 Å². The Balaban J connectivity index is 2.38. The van der Waals surface area contributed by atoms with E-state index in [1.807, 2.05) is 6.92 Å². The van der Waals surface area contributed by atoms with Crippen LogP contribution in [-0.2, 0) is 0 Å². The molecule has 0 amide bonds. The molecule has 0 atom stereocenters. The molecule has 2 aromatic heterocycles. The van der Waals surface area contributed by atoms with Crippen molar-refractivity contribution < 1.29 is 4.74 Å². The molecule has 5 nitrogen and oxygen atoms in total. The van der Waals surface area contributed by atoms with Crippen LogP contribution in [0, 0.1) is 0 Å². The number of pyridine rings is 1. The van der Waals surface area contributed by atoms with E-state index in [0.717, 1.165) is 6.42 Å². The van der Waals surface area contributed by atoms with Crippen molar-refractivity contribution in [3.63, 3.8) is 0 Å². The van der Waals surface area contributed by atoms with Crippen LogP contribution in [0.25, 0.3) is 11.1 Å². The van der Waals surface area contributed by atoms with Gasteiger partial charge >= 0.3 is 0 Å².